The van der Waals surface area contributed by atoms with Crippen molar-refractivity contribution in [3.05, 3.63) is 54.1 Å². The molecule has 4 N–H and O–H groups in total. The quantitative estimate of drug-likeness (QED) is 0.560. The highest BCUT2D eigenvalue weighted by molar-refractivity contribution is 7.89. The van der Waals surface area contributed by atoms with Crippen LogP contribution in [0.25, 0.3) is 0 Å². The second kappa shape index (κ2) is 9.90. The normalized spacial score (nSPS) is 11.9. The van der Waals surface area contributed by atoms with Gasteiger partial charge in [-0.2, -0.15) is 13.2 Å². The maximum absolute atomic E-state index is 13.0. The number of rotatable bonds is 8. The SMILES string of the molecule is CN(CCC(=O)Nc1ccc(S(N)(=O)=O)cc1)CC(=O)Nc1ccccc1C(F)(F)F. The zero-order valence-corrected chi connectivity index (χ0v) is 17.3. The largest absolute Gasteiger partial charge is 0.418 e. The number of sulfonamides is 1. The van der Waals surface area contributed by atoms with Crippen LogP contribution in [0.3, 0.4) is 0 Å². The molecule has 0 heterocycles. The molecule has 0 saturated carbocycles. The van der Waals surface area contributed by atoms with E-state index in [0.29, 0.717) is 5.69 Å². The molecule has 2 aromatic carbocycles. The number of benzene rings is 2. The van der Waals surface area contributed by atoms with E-state index in [1.54, 1.807) is 7.05 Å². The van der Waals surface area contributed by atoms with Crippen molar-refractivity contribution in [3.63, 3.8) is 0 Å². The lowest BCUT2D eigenvalue weighted by molar-refractivity contribution is -0.137. The maximum atomic E-state index is 13.0. The molecular formula is C19H21F3N4O4S. The topological polar surface area (TPSA) is 122 Å². The monoisotopic (exact) mass is 458 g/mol. The first kappa shape index (κ1) is 24.3. The molecule has 31 heavy (non-hydrogen) atoms. The first-order valence-electron chi connectivity index (χ1n) is 8.93. The minimum absolute atomic E-state index is 0.000142. The highest BCUT2D eigenvalue weighted by atomic mass is 32.2. The van der Waals surface area contributed by atoms with Crippen LogP contribution in [0.4, 0.5) is 24.5 Å². The number of hydrogen-bond acceptors (Lipinski definition) is 5. The summed E-state index contributed by atoms with van der Waals surface area (Å²) in [5, 5.41) is 9.80. The van der Waals surface area contributed by atoms with Crippen LogP contribution < -0.4 is 15.8 Å². The predicted molar refractivity (Wildman–Crippen MR) is 109 cm³/mol. The Balaban J connectivity index is 1.83. The lowest BCUT2D eigenvalue weighted by Crippen LogP contribution is -2.33. The highest BCUT2D eigenvalue weighted by Gasteiger charge is 2.33. The lowest BCUT2D eigenvalue weighted by atomic mass is 10.1. The number of likely N-dealkylation sites (N-methyl/N-ethyl adjacent to an activating group) is 1. The zero-order valence-electron chi connectivity index (χ0n) is 16.4. The fourth-order valence-corrected chi connectivity index (χ4v) is 3.11. The van der Waals surface area contributed by atoms with Gasteiger partial charge in [0.1, 0.15) is 0 Å². The number of alkyl halides is 3. The van der Waals surface area contributed by atoms with Gasteiger partial charge in [0.15, 0.2) is 0 Å². The average molecular weight is 458 g/mol. The molecule has 12 heteroatoms. The summed E-state index contributed by atoms with van der Waals surface area (Å²) in [5.41, 5.74) is -0.922. The van der Waals surface area contributed by atoms with Gasteiger partial charge in [-0.3, -0.25) is 14.5 Å². The Bertz CT molecular complexity index is 1040. The van der Waals surface area contributed by atoms with Crippen LogP contribution in [0.2, 0.25) is 0 Å². The van der Waals surface area contributed by atoms with Crippen molar-refractivity contribution in [3.8, 4) is 0 Å². The molecule has 0 aliphatic carbocycles. The van der Waals surface area contributed by atoms with E-state index in [1.165, 1.54) is 41.3 Å². The Morgan fingerprint density at radius 3 is 2.19 bits per heavy atom. The van der Waals surface area contributed by atoms with E-state index in [0.717, 1.165) is 12.1 Å². The van der Waals surface area contributed by atoms with Crippen molar-refractivity contribution < 1.29 is 31.2 Å². The summed E-state index contributed by atoms with van der Waals surface area (Å²) in [6, 6.07) is 9.91. The fraction of sp³-hybridized carbons (Fsp3) is 0.263. The van der Waals surface area contributed by atoms with Gasteiger partial charge in [-0.1, -0.05) is 12.1 Å². The third kappa shape index (κ3) is 7.66. The Hall–Kier alpha value is -2.96. The molecule has 0 fully saturated rings. The number of carbonyl (C=O) groups is 2. The number of nitrogens with two attached hydrogens (primary N) is 1. The molecule has 0 aliphatic rings. The minimum Gasteiger partial charge on any atom is -0.326 e. The van der Waals surface area contributed by atoms with E-state index >= 15 is 0 Å². The van der Waals surface area contributed by atoms with Gasteiger partial charge < -0.3 is 10.6 Å². The summed E-state index contributed by atoms with van der Waals surface area (Å²) in [7, 11) is -2.29. The van der Waals surface area contributed by atoms with E-state index in [2.05, 4.69) is 10.6 Å². The summed E-state index contributed by atoms with van der Waals surface area (Å²) in [6.45, 7) is -0.0576. The number of primary sulfonamides is 1. The van der Waals surface area contributed by atoms with Crippen molar-refractivity contribution >= 4 is 33.2 Å². The third-order valence-corrected chi connectivity index (χ3v) is 5.04. The van der Waals surface area contributed by atoms with Crippen LogP contribution in [-0.2, 0) is 25.8 Å². The van der Waals surface area contributed by atoms with Crippen LogP contribution in [0.5, 0.6) is 0 Å². The summed E-state index contributed by atoms with van der Waals surface area (Å²) < 4.78 is 61.4. The number of anilines is 2. The fourth-order valence-electron chi connectivity index (χ4n) is 2.60. The third-order valence-electron chi connectivity index (χ3n) is 4.11. The minimum atomic E-state index is -4.60. The molecule has 0 atom stereocenters. The van der Waals surface area contributed by atoms with E-state index in [9.17, 15) is 31.2 Å². The molecule has 0 saturated heterocycles. The molecule has 2 rings (SSSR count). The molecule has 8 nitrogen and oxygen atoms in total. The second-order valence-electron chi connectivity index (χ2n) is 6.70. The van der Waals surface area contributed by atoms with E-state index in [4.69, 9.17) is 5.14 Å². The first-order chi connectivity index (χ1) is 14.4. The standard InChI is InChI=1S/C19H21F3N4O4S/c1-26(12-18(28)25-16-5-3-2-4-15(16)19(20,21)22)11-10-17(27)24-13-6-8-14(9-7-13)31(23,29)30/h2-9H,10-12H2,1H3,(H,24,27)(H,25,28)(H2,23,29,30). The summed E-state index contributed by atoms with van der Waals surface area (Å²) in [4.78, 5) is 25.5. The second-order valence-corrected chi connectivity index (χ2v) is 8.26. The molecule has 2 amide bonds. The molecule has 2 aromatic rings. The number of carbonyl (C=O) groups excluding carboxylic acids is 2. The number of halogens is 3. The van der Waals surface area contributed by atoms with Gasteiger partial charge in [-0.05, 0) is 43.4 Å². The molecule has 0 aromatic heterocycles. The first-order valence-corrected chi connectivity index (χ1v) is 10.5. The summed E-state index contributed by atoms with van der Waals surface area (Å²) in [5.74, 6) is -1.05. The van der Waals surface area contributed by atoms with Crippen molar-refractivity contribution in [2.45, 2.75) is 17.5 Å². The van der Waals surface area contributed by atoms with Crippen molar-refractivity contribution in [1.29, 1.82) is 0 Å². The molecule has 0 unspecified atom stereocenters. The summed E-state index contributed by atoms with van der Waals surface area (Å²) in [6.07, 6.45) is -4.60. The number of nitrogens with zero attached hydrogens (tertiary/aromatic N) is 1. The molecule has 0 radical (unpaired) electrons. The Morgan fingerprint density at radius 2 is 1.61 bits per heavy atom. The van der Waals surface area contributed by atoms with Gasteiger partial charge in [0, 0.05) is 18.7 Å². The van der Waals surface area contributed by atoms with E-state index in [1.807, 2.05) is 0 Å². The van der Waals surface area contributed by atoms with Gasteiger partial charge in [-0.25, -0.2) is 13.6 Å². The van der Waals surface area contributed by atoms with E-state index < -0.39 is 33.6 Å². The van der Waals surface area contributed by atoms with Gasteiger partial charge in [0.25, 0.3) is 0 Å². The highest BCUT2D eigenvalue weighted by Crippen LogP contribution is 2.34. The van der Waals surface area contributed by atoms with Crippen molar-refractivity contribution in [2.75, 3.05) is 30.8 Å². The van der Waals surface area contributed by atoms with Gasteiger partial charge >= 0.3 is 6.18 Å². The van der Waals surface area contributed by atoms with Crippen molar-refractivity contribution in [2.24, 2.45) is 5.14 Å². The van der Waals surface area contributed by atoms with E-state index in [-0.39, 0.29) is 30.1 Å². The van der Waals surface area contributed by atoms with Crippen LogP contribution in [0.15, 0.2) is 53.4 Å². The number of hydrogen-bond donors (Lipinski definition) is 3. The smallest absolute Gasteiger partial charge is 0.326 e. The lowest BCUT2D eigenvalue weighted by Gasteiger charge is -2.18. The molecule has 168 valence electrons. The van der Waals surface area contributed by atoms with Gasteiger partial charge in [0.05, 0.1) is 22.7 Å². The summed E-state index contributed by atoms with van der Waals surface area (Å²) >= 11 is 0. The Morgan fingerprint density at radius 1 is 1.00 bits per heavy atom. The Kier molecular flexibility index (Phi) is 7.76. The molecule has 0 bridgehead atoms. The van der Waals surface area contributed by atoms with Crippen molar-refractivity contribution in [1.82, 2.24) is 4.90 Å². The maximum Gasteiger partial charge on any atom is 0.418 e. The zero-order chi connectivity index (χ0) is 23.2. The number of para-hydroxylation sites is 1. The molecular weight excluding hydrogens is 437 g/mol. The van der Waals surface area contributed by atoms with Crippen LogP contribution in [-0.4, -0.2) is 45.3 Å². The molecule has 0 aliphatic heterocycles. The van der Waals surface area contributed by atoms with Crippen LogP contribution >= 0.6 is 0 Å². The average Bonchev–Trinajstić information content (AvgIpc) is 2.65. The predicted octanol–water partition coefficient (Wildman–Crippen LogP) is 2.25. The number of amides is 2. The number of nitrogens with one attached hydrogen (secondary N) is 2. The Labute approximate surface area is 177 Å². The van der Waals surface area contributed by atoms with Gasteiger partial charge in [0.2, 0.25) is 21.8 Å². The molecule has 0 spiro atoms. The van der Waals surface area contributed by atoms with Crippen LogP contribution in [0.1, 0.15) is 12.0 Å². The van der Waals surface area contributed by atoms with Crippen LogP contribution in [0, 0.1) is 0 Å². The van der Waals surface area contributed by atoms with Gasteiger partial charge in [-0.15, -0.1) is 0 Å².